The number of carbonyl (C=O) groups excluding carboxylic acids is 1. The first-order valence-corrected chi connectivity index (χ1v) is 9.27. The molecular weight excluding hydrogens is 413 g/mol. The van der Waals surface area contributed by atoms with Crippen molar-refractivity contribution in [2.24, 2.45) is 0 Å². The van der Waals surface area contributed by atoms with Crippen LogP contribution in [0, 0.1) is 11.0 Å². The van der Waals surface area contributed by atoms with E-state index in [1.807, 2.05) is 0 Å². The number of ether oxygens (including phenoxy) is 2. The highest BCUT2D eigenvalue weighted by molar-refractivity contribution is 6.31. The highest BCUT2D eigenvalue weighted by atomic mass is 35.5. The summed E-state index contributed by atoms with van der Waals surface area (Å²) < 4.78 is 25.1. The predicted molar refractivity (Wildman–Crippen MR) is 107 cm³/mol. The second-order valence-corrected chi connectivity index (χ2v) is 6.92. The molecule has 0 spiro atoms. The molecule has 1 aliphatic heterocycles. The lowest BCUT2D eigenvalue weighted by Crippen LogP contribution is -2.99. The first kappa shape index (κ1) is 20.1. The molecule has 0 amide bonds. The number of fused-ring (bicyclic) bond motifs is 1. The number of nitrogens with one attached hydrogen (secondary N) is 1. The zero-order valence-corrected chi connectivity index (χ0v) is 16.2. The Balaban J connectivity index is 1.51. The second-order valence-electron chi connectivity index (χ2n) is 6.51. The topological polar surface area (TPSA) is 83.3 Å². The van der Waals surface area contributed by atoms with Crippen molar-refractivity contribution in [2.75, 3.05) is 0 Å². The fourth-order valence-corrected chi connectivity index (χ4v) is 3.17. The summed E-state index contributed by atoms with van der Waals surface area (Å²) in [5, 5.41) is 19.1. The van der Waals surface area contributed by atoms with Crippen molar-refractivity contribution in [3.05, 3.63) is 99.2 Å². The van der Waals surface area contributed by atoms with Crippen LogP contribution >= 0.6 is 11.6 Å². The molecule has 8 heteroatoms. The zero-order chi connectivity index (χ0) is 21.3. The van der Waals surface area contributed by atoms with Crippen molar-refractivity contribution in [3.8, 4) is 11.5 Å². The molecule has 1 aliphatic rings. The maximum absolute atomic E-state index is 13.9. The van der Waals surface area contributed by atoms with Crippen LogP contribution in [0.15, 0.2) is 66.4 Å². The Labute approximate surface area is 175 Å². The van der Waals surface area contributed by atoms with E-state index in [0.29, 0.717) is 22.6 Å². The average molecular weight is 428 g/mol. The minimum atomic E-state index is -1.03. The minimum absolute atomic E-state index is 0.0726. The largest absolute Gasteiger partial charge is 0.595 e. The van der Waals surface area contributed by atoms with Crippen LogP contribution in [-0.4, -0.2) is 11.0 Å². The number of hydrogen-bond donors (Lipinski definition) is 2. The first-order valence-electron chi connectivity index (χ1n) is 8.90. The molecule has 1 unspecified atom stereocenters. The SMILES string of the molecule is O=C1C(=Cc2ccc([NH+]([O-])O)cc2)Oc2cc(OCc3c(F)cccc3Cl)ccc21. The summed E-state index contributed by atoms with van der Waals surface area (Å²) in [5.74, 6) is 0.0751. The summed E-state index contributed by atoms with van der Waals surface area (Å²) in [7, 11) is 0. The Morgan fingerprint density at radius 1 is 1.17 bits per heavy atom. The maximum Gasteiger partial charge on any atom is 0.231 e. The van der Waals surface area contributed by atoms with E-state index >= 15 is 0 Å². The lowest BCUT2D eigenvalue weighted by molar-refractivity contribution is -0.991. The monoisotopic (exact) mass is 427 g/mol. The number of allylic oxidation sites excluding steroid dienone is 1. The standard InChI is InChI=1S/C22H15ClFNO5/c23-18-2-1-3-19(24)17(18)12-29-15-8-9-16-20(11-15)30-21(22(16)26)10-13-4-6-14(7-5-13)25(27)28/h1-11,25,27H,12H2. The molecule has 2 N–H and O–H groups in total. The van der Waals surface area contributed by atoms with Crippen molar-refractivity contribution < 1.29 is 29.1 Å². The van der Waals surface area contributed by atoms with Crippen molar-refractivity contribution >= 4 is 29.1 Å². The molecule has 0 bridgehead atoms. The molecule has 3 aromatic carbocycles. The van der Waals surface area contributed by atoms with Gasteiger partial charge in [0.2, 0.25) is 5.78 Å². The highest BCUT2D eigenvalue weighted by Gasteiger charge is 2.27. The van der Waals surface area contributed by atoms with Crippen LogP contribution in [0.5, 0.6) is 11.5 Å². The van der Waals surface area contributed by atoms with Crippen molar-refractivity contribution in [1.82, 2.24) is 0 Å². The van der Waals surface area contributed by atoms with Gasteiger partial charge in [-0.25, -0.2) is 9.60 Å². The van der Waals surface area contributed by atoms with Crippen molar-refractivity contribution in [3.63, 3.8) is 0 Å². The molecule has 4 rings (SSSR count). The van der Waals surface area contributed by atoms with Gasteiger partial charge in [-0.15, -0.1) is 0 Å². The van der Waals surface area contributed by atoms with E-state index in [0.717, 1.165) is 0 Å². The van der Waals surface area contributed by atoms with E-state index in [4.69, 9.17) is 26.3 Å². The Kier molecular flexibility index (Phi) is 5.52. The van der Waals surface area contributed by atoms with Crippen LogP contribution in [-0.2, 0) is 6.61 Å². The van der Waals surface area contributed by atoms with Gasteiger partial charge in [-0.05, 0) is 48.0 Å². The number of carbonyl (C=O) groups is 1. The van der Waals surface area contributed by atoms with E-state index in [9.17, 15) is 14.4 Å². The average Bonchev–Trinajstić information content (AvgIpc) is 3.03. The van der Waals surface area contributed by atoms with Gasteiger partial charge in [0, 0.05) is 23.8 Å². The van der Waals surface area contributed by atoms with E-state index in [2.05, 4.69) is 0 Å². The number of Topliss-reactive ketones (excluding diaryl/α,β-unsaturated/α-hetero) is 1. The Hall–Kier alpha value is -3.23. The molecule has 0 saturated carbocycles. The van der Waals surface area contributed by atoms with E-state index < -0.39 is 11.0 Å². The van der Waals surface area contributed by atoms with Gasteiger partial charge in [0.05, 0.1) is 10.6 Å². The number of quaternary nitrogens is 1. The molecule has 0 aliphatic carbocycles. The smallest absolute Gasteiger partial charge is 0.231 e. The maximum atomic E-state index is 13.9. The molecule has 6 nitrogen and oxygen atoms in total. The summed E-state index contributed by atoms with van der Waals surface area (Å²) in [6.45, 7) is -0.0726. The highest BCUT2D eigenvalue weighted by Crippen LogP contribution is 2.35. The van der Waals surface area contributed by atoms with Crippen LogP contribution < -0.4 is 14.7 Å². The van der Waals surface area contributed by atoms with Gasteiger partial charge in [-0.1, -0.05) is 17.7 Å². The minimum Gasteiger partial charge on any atom is -0.595 e. The number of halogens is 2. The number of rotatable bonds is 5. The Morgan fingerprint density at radius 2 is 1.93 bits per heavy atom. The molecular formula is C22H15ClFNO5. The van der Waals surface area contributed by atoms with E-state index in [1.54, 1.807) is 36.4 Å². The third-order valence-electron chi connectivity index (χ3n) is 4.54. The zero-order valence-electron chi connectivity index (χ0n) is 15.4. The Morgan fingerprint density at radius 3 is 2.63 bits per heavy atom. The van der Waals surface area contributed by atoms with Gasteiger partial charge < -0.3 is 14.7 Å². The normalized spacial score (nSPS) is 15.1. The molecule has 152 valence electrons. The molecule has 0 aromatic heterocycles. The Bertz CT molecular complexity index is 1120. The van der Waals surface area contributed by atoms with Gasteiger partial charge in [0.15, 0.2) is 11.4 Å². The van der Waals surface area contributed by atoms with Crippen molar-refractivity contribution in [2.45, 2.75) is 6.61 Å². The second kappa shape index (κ2) is 8.25. The summed E-state index contributed by atoms with van der Waals surface area (Å²) >= 11 is 6.00. The summed E-state index contributed by atoms with van der Waals surface area (Å²) in [4.78, 5) is 12.6. The van der Waals surface area contributed by atoms with Gasteiger partial charge in [-0.2, -0.15) is 5.23 Å². The first-order chi connectivity index (χ1) is 14.4. The van der Waals surface area contributed by atoms with Crippen LogP contribution in [0.1, 0.15) is 21.5 Å². The van der Waals surface area contributed by atoms with Crippen LogP contribution in [0.4, 0.5) is 10.1 Å². The molecule has 3 aromatic rings. The fourth-order valence-electron chi connectivity index (χ4n) is 2.96. The predicted octanol–water partition coefficient (Wildman–Crippen LogP) is 4.08. The number of hydrogen-bond acceptors (Lipinski definition) is 5. The van der Waals surface area contributed by atoms with Crippen LogP contribution in [0.3, 0.4) is 0 Å². The van der Waals surface area contributed by atoms with E-state index in [-0.39, 0.29) is 34.4 Å². The molecule has 0 saturated heterocycles. The third-order valence-corrected chi connectivity index (χ3v) is 4.90. The summed E-state index contributed by atoms with van der Waals surface area (Å²) in [6, 6.07) is 15.2. The van der Waals surface area contributed by atoms with Crippen LogP contribution in [0.25, 0.3) is 6.08 Å². The quantitative estimate of drug-likeness (QED) is 0.473. The number of benzene rings is 3. The van der Waals surface area contributed by atoms with Crippen molar-refractivity contribution in [1.29, 1.82) is 0 Å². The summed E-state index contributed by atoms with van der Waals surface area (Å²) in [6.07, 6.45) is 1.54. The van der Waals surface area contributed by atoms with Gasteiger partial charge >= 0.3 is 0 Å². The van der Waals surface area contributed by atoms with Crippen LogP contribution in [0.2, 0.25) is 5.02 Å². The van der Waals surface area contributed by atoms with Gasteiger partial charge in [0.1, 0.15) is 23.9 Å². The molecule has 0 fully saturated rings. The lowest BCUT2D eigenvalue weighted by Gasteiger charge is -2.10. The summed E-state index contributed by atoms with van der Waals surface area (Å²) in [5.41, 5.74) is 1.39. The van der Waals surface area contributed by atoms with Gasteiger partial charge in [0.25, 0.3) is 0 Å². The third kappa shape index (κ3) is 4.05. The molecule has 30 heavy (non-hydrogen) atoms. The molecule has 0 radical (unpaired) electrons. The fraction of sp³-hybridized carbons (Fsp3) is 0.0455. The molecule has 1 heterocycles. The lowest BCUT2D eigenvalue weighted by atomic mass is 10.1. The molecule has 1 atom stereocenters. The number of ketones is 1. The van der Waals surface area contributed by atoms with Gasteiger partial charge in [-0.3, -0.25) is 4.79 Å². The van der Waals surface area contributed by atoms with E-state index in [1.165, 1.54) is 30.3 Å².